The first-order valence-corrected chi connectivity index (χ1v) is 4.73. The van der Waals surface area contributed by atoms with Crippen LogP contribution in [0, 0.1) is 18.1 Å². The Hall–Kier alpha value is -1.48. The van der Waals surface area contributed by atoms with Crippen molar-refractivity contribution in [3.63, 3.8) is 0 Å². The summed E-state index contributed by atoms with van der Waals surface area (Å²) in [7, 11) is 0. The van der Waals surface area contributed by atoms with Gasteiger partial charge in [-0.25, -0.2) is 0 Å². The minimum Gasteiger partial charge on any atom is -0.0839 e. The first-order valence-electron chi connectivity index (χ1n) is 4.73. The van der Waals surface area contributed by atoms with Crippen molar-refractivity contribution in [1.82, 2.24) is 0 Å². The molecule has 0 spiro atoms. The highest BCUT2D eigenvalue weighted by molar-refractivity contribution is 5.76. The van der Waals surface area contributed by atoms with Crippen LogP contribution in [0.5, 0.6) is 0 Å². The minimum absolute atomic E-state index is 0.726. The summed E-state index contributed by atoms with van der Waals surface area (Å²) in [5, 5.41) is 0. The van der Waals surface area contributed by atoms with E-state index in [1.807, 2.05) is 0 Å². The zero-order valence-corrected chi connectivity index (χ0v) is 7.38. The van der Waals surface area contributed by atoms with Gasteiger partial charge in [-0.15, -0.1) is 0 Å². The van der Waals surface area contributed by atoms with Gasteiger partial charge in [0.25, 0.3) is 0 Å². The summed E-state index contributed by atoms with van der Waals surface area (Å²) in [6.45, 7) is 0. The van der Waals surface area contributed by atoms with Crippen molar-refractivity contribution in [3.8, 4) is 0 Å². The maximum Gasteiger partial charge on any atom is -0.00369 e. The Balaban J connectivity index is 2.18. The second-order valence-corrected chi connectivity index (χ2v) is 3.70. The molecule has 0 aliphatic heterocycles. The van der Waals surface area contributed by atoms with Crippen molar-refractivity contribution in [1.29, 1.82) is 0 Å². The van der Waals surface area contributed by atoms with E-state index in [-0.39, 0.29) is 0 Å². The molecule has 1 aromatic carbocycles. The van der Waals surface area contributed by atoms with Gasteiger partial charge < -0.3 is 0 Å². The fourth-order valence-electron chi connectivity index (χ4n) is 2.30. The average Bonchev–Trinajstić information content (AvgIpc) is 2.56. The van der Waals surface area contributed by atoms with Crippen LogP contribution in [0.4, 0.5) is 0 Å². The number of fused-ring (bicyclic) bond motifs is 3. The first kappa shape index (κ1) is 6.97. The van der Waals surface area contributed by atoms with E-state index in [0.29, 0.717) is 0 Å². The molecule has 0 saturated carbocycles. The van der Waals surface area contributed by atoms with Crippen LogP contribution in [-0.2, 0) is 6.42 Å². The molecule has 1 atom stereocenters. The van der Waals surface area contributed by atoms with Crippen molar-refractivity contribution in [2.45, 2.75) is 12.8 Å². The highest BCUT2D eigenvalue weighted by Crippen LogP contribution is 2.39. The summed E-state index contributed by atoms with van der Waals surface area (Å²) in [6.07, 6.45) is 9.05. The van der Waals surface area contributed by atoms with Crippen LogP contribution >= 0.6 is 0 Å². The summed E-state index contributed by atoms with van der Waals surface area (Å²) in [6, 6.07) is 10.2. The minimum atomic E-state index is 0.726. The van der Waals surface area contributed by atoms with Gasteiger partial charge in [0, 0.05) is 0 Å². The fraction of sp³-hybridized carbons (Fsp3) is 0.231. The highest BCUT2D eigenvalue weighted by Gasteiger charge is 2.26. The summed E-state index contributed by atoms with van der Waals surface area (Å²) in [5.74, 6) is 0.726. The van der Waals surface area contributed by atoms with E-state index in [9.17, 15) is 0 Å². The molecule has 0 amide bonds. The zero-order valence-electron chi connectivity index (χ0n) is 7.38. The Bertz CT molecular complexity index is 396. The van der Waals surface area contributed by atoms with E-state index < -0.39 is 0 Å². The summed E-state index contributed by atoms with van der Waals surface area (Å²) < 4.78 is 0. The normalized spacial score (nSPS) is 23.1. The third-order valence-corrected chi connectivity index (χ3v) is 2.94. The molecule has 0 radical (unpaired) electrons. The zero-order chi connectivity index (χ0) is 8.67. The number of hydrogen-bond acceptors (Lipinski definition) is 0. The van der Waals surface area contributed by atoms with E-state index in [1.54, 1.807) is 0 Å². The molecule has 3 rings (SSSR count). The molecular formula is C13H10. The lowest BCUT2D eigenvalue weighted by Crippen LogP contribution is -1.98. The van der Waals surface area contributed by atoms with Gasteiger partial charge in [0.1, 0.15) is 0 Å². The van der Waals surface area contributed by atoms with E-state index in [0.717, 1.165) is 5.92 Å². The smallest absolute Gasteiger partial charge is 0.00369 e. The molecule has 1 aromatic rings. The van der Waals surface area contributed by atoms with Crippen LogP contribution in [0.1, 0.15) is 17.5 Å². The summed E-state index contributed by atoms with van der Waals surface area (Å²) in [5.41, 5.74) is 4.34. The Labute approximate surface area is 78.6 Å². The lowest BCUT2D eigenvalue weighted by molar-refractivity contribution is 0.702. The standard InChI is InChI=1S/C13H10/c1-3-7-12-10(5-1)9-11-6-2-4-8-13(11)12/h1,3,6-8,10H,5,9H2. The predicted octanol–water partition coefficient (Wildman–Crippen LogP) is 2.80. The third-order valence-electron chi connectivity index (χ3n) is 2.94. The quantitative estimate of drug-likeness (QED) is 0.556. The summed E-state index contributed by atoms with van der Waals surface area (Å²) in [4.78, 5) is 0. The third kappa shape index (κ3) is 0.939. The van der Waals surface area contributed by atoms with Gasteiger partial charge in [-0.05, 0) is 47.6 Å². The molecule has 0 nitrogen and oxygen atoms in total. The Morgan fingerprint density at radius 3 is 3.15 bits per heavy atom. The van der Waals surface area contributed by atoms with Crippen LogP contribution < -0.4 is 0 Å². The van der Waals surface area contributed by atoms with E-state index in [2.05, 4.69) is 42.5 Å². The number of rotatable bonds is 0. The number of allylic oxidation sites excluding steroid dienone is 4. The molecular weight excluding hydrogens is 156 g/mol. The van der Waals surface area contributed by atoms with Crippen LogP contribution in [0.3, 0.4) is 0 Å². The van der Waals surface area contributed by atoms with Crippen LogP contribution in [-0.4, -0.2) is 0 Å². The topological polar surface area (TPSA) is 0 Å². The monoisotopic (exact) mass is 166 g/mol. The van der Waals surface area contributed by atoms with Crippen LogP contribution in [0.15, 0.2) is 30.4 Å². The van der Waals surface area contributed by atoms with Gasteiger partial charge in [-0.2, -0.15) is 0 Å². The van der Waals surface area contributed by atoms with Gasteiger partial charge in [-0.3, -0.25) is 0 Å². The molecule has 0 heteroatoms. The fourth-order valence-corrected chi connectivity index (χ4v) is 2.30. The predicted molar refractivity (Wildman–Crippen MR) is 53.0 cm³/mol. The Kier molecular flexibility index (Phi) is 1.34. The lowest BCUT2D eigenvalue weighted by atomic mass is 9.93. The van der Waals surface area contributed by atoms with Crippen molar-refractivity contribution in [3.05, 3.63) is 53.6 Å². The van der Waals surface area contributed by atoms with Gasteiger partial charge >= 0.3 is 0 Å². The molecule has 0 fully saturated rings. The molecule has 0 aromatic heterocycles. The highest BCUT2D eigenvalue weighted by atomic mass is 14.3. The van der Waals surface area contributed by atoms with E-state index in [1.165, 1.54) is 29.5 Å². The van der Waals surface area contributed by atoms with Gasteiger partial charge in [-0.1, -0.05) is 30.4 Å². The second-order valence-electron chi connectivity index (χ2n) is 3.70. The number of hydrogen-bond donors (Lipinski definition) is 0. The molecule has 62 valence electrons. The van der Waals surface area contributed by atoms with Gasteiger partial charge in [0.2, 0.25) is 0 Å². The van der Waals surface area contributed by atoms with Crippen LogP contribution in [0.2, 0.25) is 0 Å². The Morgan fingerprint density at radius 1 is 1.23 bits per heavy atom. The molecule has 0 saturated heterocycles. The van der Waals surface area contributed by atoms with Crippen molar-refractivity contribution in [2.24, 2.45) is 5.92 Å². The SMILES string of the molecule is c1cc2c(cc#1)C1=CC=CCC1C2. The van der Waals surface area contributed by atoms with E-state index >= 15 is 0 Å². The molecule has 0 bridgehead atoms. The second kappa shape index (κ2) is 2.50. The average molecular weight is 166 g/mol. The van der Waals surface area contributed by atoms with E-state index in [4.69, 9.17) is 0 Å². The van der Waals surface area contributed by atoms with Crippen molar-refractivity contribution < 1.29 is 0 Å². The lowest BCUT2D eigenvalue weighted by Gasteiger charge is -2.12. The van der Waals surface area contributed by atoms with Crippen molar-refractivity contribution >= 4 is 5.57 Å². The molecule has 0 heterocycles. The molecule has 0 N–H and O–H groups in total. The maximum atomic E-state index is 3.04. The van der Waals surface area contributed by atoms with Gasteiger partial charge in [0.15, 0.2) is 0 Å². The summed E-state index contributed by atoms with van der Waals surface area (Å²) >= 11 is 0. The first-order chi connectivity index (χ1) is 6.45. The molecule has 2 aliphatic carbocycles. The van der Waals surface area contributed by atoms with Gasteiger partial charge in [0.05, 0.1) is 0 Å². The Morgan fingerprint density at radius 2 is 2.15 bits per heavy atom. The molecule has 2 aliphatic rings. The maximum absolute atomic E-state index is 3.04. The van der Waals surface area contributed by atoms with Crippen molar-refractivity contribution in [2.75, 3.05) is 0 Å². The molecule has 1 unspecified atom stereocenters. The largest absolute Gasteiger partial charge is 0.0839 e. The molecule has 13 heavy (non-hydrogen) atoms. The van der Waals surface area contributed by atoms with Crippen LogP contribution in [0.25, 0.3) is 5.57 Å².